The van der Waals surface area contributed by atoms with E-state index >= 15 is 0 Å². The first kappa shape index (κ1) is 16.5. The fourth-order valence-electron chi connectivity index (χ4n) is 2.23. The quantitative estimate of drug-likeness (QED) is 0.718. The van der Waals surface area contributed by atoms with E-state index in [2.05, 4.69) is 24.1 Å². The van der Waals surface area contributed by atoms with Crippen molar-refractivity contribution in [2.24, 2.45) is 0 Å². The molecule has 4 heteroatoms. The Balaban J connectivity index is 2.48. The number of nitrogens with two attached hydrogens (primary N) is 1. The zero-order chi connectivity index (χ0) is 15.0. The number of carbonyl (C=O) groups is 1. The number of amides is 1. The first-order valence-electron chi connectivity index (χ1n) is 7.45. The summed E-state index contributed by atoms with van der Waals surface area (Å²) in [4.78, 5) is 14.3. The Morgan fingerprint density at radius 3 is 2.45 bits per heavy atom. The summed E-state index contributed by atoms with van der Waals surface area (Å²) in [5.41, 5.74) is 8.29. The second-order valence-corrected chi connectivity index (χ2v) is 5.16. The molecule has 4 nitrogen and oxygen atoms in total. The number of nitrogens with one attached hydrogen (secondary N) is 1. The topological polar surface area (TPSA) is 58.4 Å². The summed E-state index contributed by atoms with van der Waals surface area (Å²) in [5.74, 6) is 0.0518. The van der Waals surface area contributed by atoms with E-state index in [0.717, 1.165) is 43.7 Å². The standard InChI is InChI=1S/C16H27N3O/c1-4-10-19(11-5-2)12-9-16(20)18-15-8-6-7-14(17)13(15)3/h6-8H,4-5,9-12,17H2,1-3H3,(H,18,20). The Labute approximate surface area is 122 Å². The molecule has 0 saturated heterocycles. The van der Waals surface area contributed by atoms with Crippen molar-refractivity contribution in [3.63, 3.8) is 0 Å². The van der Waals surface area contributed by atoms with E-state index in [4.69, 9.17) is 5.73 Å². The minimum absolute atomic E-state index is 0.0518. The van der Waals surface area contributed by atoms with Crippen molar-refractivity contribution in [2.75, 3.05) is 30.7 Å². The van der Waals surface area contributed by atoms with Gasteiger partial charge in [-0.2, -0.15) is 0 Å². The highest BCUT2D eigenvalue weighted by Gasteiger charge is 2.09. The highest BCUT2D eigenvalue weighted by atomic mass is 16.1. The largest absolute Gasteiger partial charge is 0.398 e. The Morgan fingerprint density at radius 1 is 1.20 bits per heavy atom. The van der Waals surface area contributed by atoms with Crippen LogP contribution in [0.2, 0.25) is 0 Å². The molecule has 1 aromatic carbocycles. The summed E-state index contributed by atoms with van der Waals surface area (Å²) < 4.78 is 0. The number of nitrogen functional groups attached to an aromatic ring is 1. The molecular formula is C16H27N3O. The van der Waals surface area contributed by atoms with E-state index in [-0.39, 0.29) is 5.91 Å². The number of hydrogen-bond acceptors (Lipinski definition) is 3. The van der Waals surface area contributed by atoms with Crippen LogP contribution in [0.5, 0.6) is 0 Å². The maximum absolute atomic E-state index is 12.0. The Hall–Kier alpha value is -1.55. The van der Waals surface area contributed by atoms with E-state index in [9.17, 15) is 4.79 Å². The lowest BCUT2D eigenvalue weighted by Crippen LogP contribution is -2.29. The summed E-state index contributed by atoms with van der Waals surface area (Å²) in [5, 5.41) is 2.95. The molecule has 0 atom stereocenters. The zero-order valence-electron chi connectivity index (χ0n) is 12.9. The van der Waals surface area contributed by atoms with Gasteiger partial charge >= 0.3 is 0 Å². The van der Waals surface area contributed by atoms with Crippen molar-refractivity contribution in [1.29, 1.82) is 0 Å². The van der Waals surface area contributed by atoms with Crippen LogP contribution in [-0.4, -0.2) is 30.4 Å². The van der Waals surface area contributed by atoms with E-state index in [0.29, 0.717) is 12.1 Å². The van der Waals surface area contributed by atoms with Gasteiger partial charge in [-0.3, -0.25) is 4.79 Å². The first-order chi connectivity index (χ1) is 9.58. The Morgan fingerprint density at radius 2 is 1.85 bits per heavy atom. The fraction of sp³-hybridized carbons (Fsp3) is 0.562. The molecule has 0 fully saturated rings. The Bertz CT molecular complexity index is 426. The van der Waals surface area contributed by atoms with Gasteiger partial charge in [0.15, 0.2) is 0 Å². The van der Waals surface area contributed by atoms with Crippen LogP contribution >= 0.6 is 0 Å². The number of rotatable bonds is 8. The van der Waals surface area contributed by atoms with Crippen LogP contribution in [0.3, 0.4) is 0 Å². The molecule has 0 heterocycles. The van der Waals surface area contributed by atoms with Crippen molar-refractivity contribution in [3.05, 3.63) is 23.8 Å². The van der Waals surface area contributed by atoms with Gasteiger partial charge in [-0.1, -0.05) is 19.9 Å². The molecule has 0 radical (unpaired) electrons. The van der Waals surface area contributed by atoms with Crippen molar-refractivity contribution in [3.8, 4) is 0 Å². The van der Waals surface area contributed by atoms with Crippen LogP contribution in [-0.2, 0) is 4.79 Å². The summed E-state index contributed by atoms with van der Waals surface area (Å²) >= 11 is 0. The maximum Gasteiger partial charge on any atom is 0.225 e. The van der Waals surface area contributed by atoms with Crippen LogP contribution in [0.15, 0.2) is 18.2 Å². The van der Waals surface area contributed by atoms with Gasteiger partial charge in [0.25, 0.3) is 0 Å². The van der Waals surface area contributed by atoms with Crippen molar-refractivity contribution in [1.82, 2.24) is 4.90 Å². The second-order valence-electron chi connectivity index (χ2n) is 5.16. The molecule has 112 valence electrons. The minimum Gasteiger partial charge on any atom is -0.398 e. The third-order valence-corrected chi connectivity index (χ3v) is 3.38. The molecule has 3 N–H and O–H groups in total. The third-order valence-electron chi connectivity index (χ3n) is 3.38. The van der Waals surface area contributed by atoms with Crippen LogP contribution in [0.25, 0.3) is 0 Å². The lowest BCUT2D eigenvalue weighted by atomic mass is 10.1. The molecule has 1 amide bonds. The van der Waals surface area contributed by atoms with Gasteiger partial charge in [0.05, 0.1) is 0 Å². The normalized spacial score (nSPS) is 10.8. The predicted molar refractivity (Wildman–Crippen MR) is 85.9 cm³/mol. The summed E-state index contributed by atoms with van der Waals surface area (Å²) in [6.45, 7) is 9.18. The van der Waals surface area contributed by atoms with Crippen LogP contribution in [0, 0.1) is 6.92 Å². The number of carbonyl (C=O) groups excluding carboxylic acids is 1. The van der Waals surface area contributed by atoms with Gasteiger partial charge in [-0.15, -0.1) is 0 Å². The van der Waals surface area contributed by atoms with Gasteiger partial charge in [0.2, 0.25) is 5.91 Å². The van der Waals surface area contributed by atoms with Crippen LogP contribution < -0.4 is 11.1 Å². The van der Waals surface area contributed by atoms with Gasteiger partial charge in [-0.25, -0.2) is 0 Å². The van der Waals surface area contributed by atoms with Gasteiger partial charge in [0, 0.05) is 24.3 Å². The highest BCUT2D eigenvalue weighted by molar-refractivity contribution is 5.92. The number of hydrogen-bond donors (Lipinski definition) is 2. The monoisotopic (exact) mass is 277 g/mol. The predicted octanol–water partition coefficient (Wildman–Crippen LogP) is 3.03. The van der Waals surface area contributed by atoms with E-state index in [1.807, 2.05) is 25.1 Å². The summed E-state index contributed by atoms with van der Waals surface area (Å²) in [6.07, 6.45) is 2.76. The molecule has 0 unspecified atom stereocenters. The molecular weight excluding hydrogens is 250 g/mol. The molecule has 0 bridgehead atoms. The lowest BCUT2D eigenvalue weighted by Gasteiger charge is -2.20. The summed E-state index contributed by atoms with van der Waals surface area (Å²) in [7, 11) is 0. The van der Waals surface area contributed by atoms with Crippen LogP contribution in [0.4, 0.5) is 11.4 Å². The fourth-order valence-corrected chi connectivity index (χ4v) is 2.23. The zero-order valence-corrected chi connectivity index (χ0v) is 12.9. The number of benzene rings is 1. The molecule has 0 aliphatic heterocycles. The molecule has 1 rings (SSSR count). The molecule has 0 saturated carbocycles. The average Bonchev–Trinajstić information content (AvgIpc) is 2.42. The van der Waals surface area contributed by atoms with Crippen molar-refractivity contribution < 1.29 is 4.79 Å². The molecule has 20 heavy (non-hydrogen) atoms. The molecule has 0 aromatic heterocycles. The van der Waals surface area contributed by atoms with Gasteiger partial charge < -0.3 is 16.0 Å². The van der Waals surface area contributed by atoms with Crippen molar-refractivity contribution in [2.45, 2.75) is 40.0 Å². The minimum atomic E-state index is 0.0518. The molecule has 1 aromatic rings. The summed E-state index contributed by atoms with van der Waals surface area (Å²) in [6, 6.07) is 5.59. The van der Waals surface area contributed by atoms with Gasteiger partial charge in [-0.05, 0) is 50.6 Å². The highest BCUT2D eigenvalue weighted by Crippen LogP contribution is 2.20. The van der Waals surface area contributed by atoms with E-state index in [1.165, 1.54) is 0 Å². The number of nitrogens with zero attached hydrogens (tertiary/aromatic N) is 1. The van der Waals surface area contributed by atoms with E-state index < -0.39 is 0 Å². The molecule has 0 aliphatic rings. The Kier molecular flexibility index (Phi) is 7.09. The molecule has 0 spiro atoms. The van der Waals surface area contributed by atoms with Crippen LogP contribution in [0.1, 0.15) is 38.7 Å². The lowest BCUT2D eigenvalue weighted by molar-refractivity contribution is -0.116. The van der Waals surface area contributed by atoms with Crippen molar-refractivity contribution >= 4 is 17.3 Å². The number of anilines is 2. The maximum atomic E-state index is 12.0. The molecule has 0 aliphatic carbocycles. The van der Waals surface area contributed by atoms with E-state index in [1.54, 1.807) is 0 Å². The average molecular weight is 277 g/mol. The SMILES string of the molecule is CCCN(CCC)CCC(=O)Nc1cccc(N)c1C. The second kappa shape index (κ2) is 8.59. The van der Waals surface area contributed by atoms with Gasteiger partial charge in [0.1, 0.15) is 0 Å². The smallest absolute Gasteiger partial charge is 0.225 e. The first-order valence-corrected chi connectivity index (χ1v) is 7.45. The third kappa shape index (κ3) is 5.21.